The quantitative estimate of drug-likeness (QED) is 0.497. The number of amides is 1. The first-order valence-electron chi connectivity index (χ1n) is 11.7. The summed E-state index contributed by atoms with van der Waals surface area (Å²) in [5, 5.41) is 0. The molecule has 0 radical (unpaired) electrons. The zero-order valence-corrected chi connectivity index (χ0v) is 20.0. The van der Waals surface area contributed by atoms with Crippen molar-refractivity contribution in [2.45, 2.75) is 37.7 Å². The third-order valence-corrected chi connectivity index (χ3v) is 6.87. The summed E-state index contributed by atoms with van der Waals surface area (Å²) in [5.74, 6) is -1.61. The van der Waals surface area contributed by atoms with Crippen LogP contribution >= 0.6 is 0 Å². The number of imidazole rings is 1. The summed E-state index contributed by atoms with van der Waals surface area (Å²) in [5.41, 5.74) is 9.89. The van der Waals surface area contributed by atoms with E-state index in [-0.39, 0.29) is 59.8 Å². The molecule has 5 rings (SSSR count). The normalized spacial score (nSPS) is 22.7. The van der Waals surface area contributed by atoms with Gasteiger partial charge in [0, 0.05) is 37.4 Å². The topological polar surface area (TPSA) is 128 Å². The number of aromatic nitrogens is 4. The summed E-state index contributed by atoms with van der Waals surface area (Å²) in [6.07, 6.45) is -2.43. The molecular weight excluding hydrogens is 496 g/mol. The Balaban J connectivity index is 1.52. The molecule has 0 aliphatic carbocycles. The molecule has 198 valence electrons. The average molecular weight is 523 g/mol. The van der Waals surface area contributed by atoms with E-state index in [9.17, 15) is 22.4 Å². The molecule has 2 atom stereocenters. The number of hydrogen-bond acceptors (Lipinski definition) is 8. The van der Waals surface area contributed by atoms with E-state index in [0.29, 0.717) is 19.7 Å². The molecule has 2 aliphatic rings. The number of anilines is 2. The van der Waals surface area contributed by atoms with Gasteiger partial charge in [0.1, 0.15) is 23.2 Å². The smallest absolute Gasteiger partial charge is 0.382 e. The number of benzene rings is 1. The second-order valence-corrected chi connectivity index (χ2v) is 9.48. The maximum absolute atomic E-state index is 14.7. The number of fused-ring (bicyclic) bond motifs is 1. The van der Waals surface area contributed by atoms with Crippen molar-refractivity contribution in [2.24, 2.45) is 5.73 Å². The van der Waals surface area contributed by atoms with Gasteiger partial charge in [-0.3, -0.25) is 4.79 Å². The van der Waals surface area contributed by atoms with Crippen LogP contribution in [0.2, 0.25) is 0 Å². The van der Waals surface area contributed by atoms with Gasteiger partial charge in [0.25, 0.3) is 0 Å². The van der Waals surface area contributed by atoms with Crippen LogP contribution in [0.1, 0.15) is 24.5 Å². The van der Waals surface area contributed by atoms with Crippen molar-refractivity contribution >= 4 is 28.6 Å². The van der Waals surface area contributed by atoms with Crippen LogP contribution in [-0.2, 0) is 22.3 Å². The van der Waals surface area contributed by atoms with E-state index in [0.717, 1.165) is 6.07 Å². The Kier molecular flexibility index (Phi) is 6.18. The molecule has 1 unspecified atom stereocenters. The Hall–Kier alpha value is -3.52. The van der Waals surface area contributed by atoms with Gasteiger partial charge in [0.2, 0.25) is 5.91 Å². The van der Waals surface area contributed by atoms with Crippen molar-refractivity contribution in [1.82, 2.24) is 24.4 Å². The fourth-order valence-corrected chi connectivity index (χ4v) is 5.09. The molecule has 4 N–H and O–H groups in total. The van der Waals surface area contributed by atoms with E-state index in [1.165, 1.54) is 23.3 Å². The van der Waals surface area contributed by atoms with Crippen LogP contribution in [0.15, 0.2) is 24.8 Å². The maximum Gasteiger partial charge on any atom is 0.419 e. The Labute approximate surface area is 209 Å². The lowest BCUT2D eigenvalue weighted by molar-refractivity contribution is -0.143. The highest BCUT2D eigenvalue weighted by molar-refractivity contribution is 5.88. The standard InChI is InChI=1S/C23H26F4N8O2/c1-13-8-33(6-7-37-13)21(36)22(29)4-5-34(10-22)16-3-2-15(24)17(23(25,26)27)14(16)9-35-12-32-18-19(28)30-11-31-20(18)35/h2-3,11-13H,4-10,29H2,1H3,(H2,28,30,31)/t13?,22-/m1/s1. The predicted octanol–water partition coefficient (Wildman–Crippen LogP) is 1.77. The molecule has 10 nitrogen and oxygen atoms in total. The number of alkyl halides is 3. The number of ether oxygens (including phenoxy) is 1. The highest BCUT2D eigenvalue weighted by Gasteiger charge is 2.46. The molecule has 4 heterocycles. The van der Waals surface area contributed by atoms with Gasteiger partial charge in [0.05, 0.1) is 31.1 Å². The van der Waals surface area contributed by atoms with Crippen LogP contribution in [-0.4, -0.2) is 74.8 Å². The fraction of sp³-hybridized carbons (Fsp3) is 0.478. The van der Waals surface area contributed by atoms with Gasteiger partial charge >= 0.3 is 6.18 Å². The van der Waals surface area contributed by atoms with E-state index < -0.39 is 29.6 Å². The number of nitrogens with two attached hydrogens (primary N) is 2. The molecule has 0 spiro atoms. The lowest BCUT2D eigenvalue weighted by Crippen LogP contribution is -2.59. The number of rotatable bonds is 4. The Morgan fingerprint density at radius 3 is 2.76 bits per heavy atom. The van der Waals surface area contributed by atoms with E-state index in [2.05, 4.69) is 15.0 Å². The summed E-state index contributed by atoms with van der Waals surface area (Å²) < 4.78 is 63.9. The molecule has 37 heavy (non-hydrogen) atoms. The SMILES string of the molecule is CC1CN(C(=O)[C@@]2(N)CCN(c3ccc(F)c(C(F)(F)F)c3Cn3cnc4c(N)ncnc43)C2)CCO1. The minimum absolute atomic E-state index is 0.0205. The minimum atomic E-state index is -4.97. The molecule has 2 aromatic heterocycles. The van der Waals surface area contributed by atoms with E-state index in [4.69, 9.17) is 16.2 Å². The molecule has 2 saturated heterocycles. The monoisotopic (exact) mass is 522 g/mol. The number of nitrogens with zero attached hydrogens (tertiary/aromatic N) is 6. The van der Waals surface area contributed by atoms with E-state index in [1.54, 1.807) is 9.80 Å². The Morgan fingerprint density at radius 1 is 1.24 bits per heavy atom. The third kappa shape index (κ3) is 4.55. The van der Waals surface area contributed by atoms with E-state index in [1.807, 2.05) is 6.92 Å². The maximum atomic E-state index is 14.7. The molecule has 2 fully saturated rings. The first kappa shape index (κ1) is 25.1. The van der Waals surface area contributed by atoms with Crippen LogP contribution in [0.5, 0.6) is 0 Å². The summed E-state index contributed by atoms with van der Waals surface area (Å²) in [6.45, 7) is 2.82. The van der Waals surface area contributed by atoms with Gasteiger partial charge < -0.3 is 30.6 Å². The number of hydrogen-bond donors (Lipinski definition) is 2. The molecule has 3 aromatic rings. The van der Waals surface area contributed by atoms with Crippen molar-refractivity contribution in [3.05, 3.63) is 41.7 Å². The average Bonchev–Trinajstić information content (AvgIpc) is 3.43. The Morgan fingerprint density at radius 2 is 2.03 bits per heavy atom. The highest BCUT2D eigenvalue weighted by atomic mass is 19.4. The summed E-state index contributed by atoms with van der Waals surface area (Å²) in [7, 11) is 0. The highest BCUT2D eigenvalue weighted by Crippen LogP contribution is 2.40. The molecule has 0 bridgehead atoms. The first-order chi connectivity index (χ1) is 17.5. The third-order valence-electron chi connectivity index (χ3n) is 6.87. The van der Waals surface area contributed by atoms with Crippen molar-refractivity contribution in [3.63, 3.8) is 0 Å². The number of carbonyl (C=O) groups is 1. The van der Waals surface area contributed by atoms with Crippen molar-refractivity contribution < 1.29 is 27.1 Å². The predicted molar refractivity (Wildman–Crippen MR) is 126 cm³/mol. The molecular formula is C23H26F4N8O2. The fourth-order valence-electron chi connectivity index (χ4n) is 5.09. The molecule has 1 aromatic carbocycles. The van der Waals surface area contributed by atoms with Gasteiger partial charge in [-0.25, -0.2) is 19.3 Å². The number of nitrogen functional groups attached to an aromatic ring is 1. The van der Waals surface area contributed by atoms with Crippen molar-refractivity contribution in [3.8, 4) is 0 Å². The molecule has 14 heteroatoms. The van der Waals surface area contributed by atoms with Crippen molar-refractivity contribution in [1.29, 1.82) is 0 Å². The van der Waals surface area contributed by atoms with Gasteiger partial charge in [-0.1, -0.05) is 0 Å². The van der Waals surface area contributed by atoms with Gasteiger partial charge in [-0.2, -0.15) is 13.2 Å². The second kappa shape index (κ2) is 9.10. The minimum Gasteiger partial charge on any atom is -0.382 e. The molecule has 2 aliphatic heterocycles. The number of morpholine rings is 1. The lowest BCUT2D eigenvalue weighted by atomic mass is 9.97. The number of halogens is 4. The molecule has 0 saturated carbocycles. The van der Waals surface area contributed by atoms with E-state index >= 15 is 0 Å². The summed E-state index contributed by atoms with van der Waals surface area (Å²) in [6, 6.07) is 2.07. The van der Waals surface area contributed by atoms with Crippen LogP contribution in [0.25, 0.3) is 11.2 Å². The zero-order valence-electron chi connectivity index (χ0n) is 20.0. The van der Waals surface area contributed by atoms with Crippen LogP contribution in [0.3, 0.4) is 0 Å². The largest absolute Gasteiger partial charge is 0.419 e. The van der Waals surface area contributed by atoms with Gasteiger partial charge in [-0.15, -0.1) is 0 Å². The number of carbonyl (C=O) groups excluding carboxylic acids is 1. The van der Waals surface area contributed by atoms with Gasteiger partial charge in [0.15, 0.2) is 11.5 Å². The summed E-state index contributed by atoms with van der Waals surface area (Å²) >= 11 is 0. The molecule has 1 amide bonds. The lowest BCUT2D eigenvalue weighted by Gasteiger charge is -2.36. The van der Waals surface area contributed by atoms with Crippen LogP contribution < -0.4 is 16.4 Å². The van der Waals surface area contributed by atoms with Crippen LogP contribution in [0.4, 0.5) is 29.1 Å². The Bertz CT molecular complexity index is 1350. The zero-order chi connectivity index (χ0) is 26.5. The van der Waals surface area contributed by atoms with Crippen molar-refractivity contribution in [2.75, 3.05) is 43.4 Å². The summed E-state index contributed by atoms with van der Waals surface area (Å²) in [4.78, 5) is 28.5. The second-order valence-electron chi connectivity index (χ2n) is 9.48. The van der Waals surface area contributed by atoms with Crippen LogP contribution in [0, 0.1) is 5.82 Å². The first-order valence-corrected chi connectivity index (χ1v) is 11.7. The van der Waals surface area contributed by atoms with Gasteiger partial charge in [-0.05, 0) is 25.5 Å².